The molecule has 1 fully saturated rings. The van der Waals surface area contributed by atoms with Gasteiger partial charge >= 0.3 is 0 Å². The second kappa shape index (κ2) is 8.98. The molecule has 2 N–H and O–H groups in total. The Labute approximate surface area is 142 Å². The number of fused-ring (bicyclic) bond motifs is 1. The standard InChI is InChI=1S/C15H19N3S.C2H5NO/c1-12-13-4-3-5-15(14(13)6-7-16-12)19-18-10-8-17(2)9-11-18;3-1-2-4/h3-7H,8-11H2,1-2H3;2H,1,3H2. The number of hydrogen-bond donors (Lipinski definition) is 1. The Bertz CT molecular complexity index is 642. The van der Waals surface area contributed by atoms with E-state index in [1.165, 1.54) is 15.7 Å². The Balaban J connectivity index is 0.000000433. The summed E-state index contributed by atoms with van der Waals surface area (Å²) in [5.74, 6) is 0. The molecular weight excluding hydrogens is 308 g/mol. The fourth-order valence-electron chi connectivity index (χ4n) is 2.42. The summed E-state index contributed by atoms with van der Waals surface area (Å²) in [7, 11) is 2.19. The molecule has 3 rings (SSSR count). The summed E-state index contributed by atoms with van der Waals surface area (Å²) in [5, 5.41) is 2.58. The van der Waals surface area contributed by atoms with Gasteiger partial charge < -0.3 is 15.4 Å². The molecule has 124 valence electrons. The number of hydrogen-bond acceptors (Lipinski definition) is 6. The van der Waals surface area contributed by atoms with Gasteiger partial charge in [0.1, 0.15) is 6.29 Å². The van der Waals surface area contributed by atoms with E-state index in [1.807, 2.05) is 18.1 Å². The number of rotatable bonds is 3. The monoisotopic (exact) mass is 332 g/mol. The Morgan fingerprint density at radius 2 is 1.91 bits per heavy atom. The van der Waals surface area contributed by atoms with Crippen LogP contribution in [0.2, 0.25) is 0 Å². The smallest absolute Gasteiger partial charge is 0.133 e. The van der Waals surface area contributed by atoms with E-state index in [0.717, 1.165) is 31.9 Å². The zero-order valence-electron chi connectivity index (χ0n) is 13.7. The van der Waals surface area contributed by atoms with Gasteiger partial charge in [-0.2, -0.15) is 0 Å². The van der Waals surface area contributed by atoms with Gasteiger partial charge in [0.05, 0.1) is 0 Å². The van der Waals surface area contributed by atoms with E-state index >= 15 is 0 Å². The minimum Gasteiger partial charge on any atom is -0.324 e. The van der Waals surface area contributed by atoms with Crippen LogP contribution in [-0.4, -0.2) is 60.2 Å². The van der Waals surface area contributed by atoms with Gasteiger partial charge in [-0.1, -0.05) is 12.1 Å². The van der Waals surface area contributed by atoms with Gasteiger partial charge in [0.15, 0.2) is 0 Å². The molecule has 0 aliphatic carbocycles. The van der Waals surface area contributed by atoms with Crippen molar-refractivity contribution in [3.05, 3.63) is 36.2 Å². The van der Waals surface area contributed by atoms with Gasteiger partial charge in [0.2, 0.25) is 0 Å². The molecule has 2 aromatic rings. The lowest BCUT2D eigenvalue weighted by Gasteiger charge is -2.31. The van der Waals surface area contributed by atoms with Crippen molar-refractivity contribution in [3.63, 3.8) is 0 Å². The fraction of sp³-hybridized carbons (Fsp3) is 0.412. The van der Waals surface area contributed by atoms with E-state index in [2.05, 4.69) is 58.2 Å². The SMILES string of the molecule is Cc1nccc2c(SN3CCN(C)CC3)cccc12.NCC=O. The van der Waals surface area contributed by atoms with Gasteiger partial charge in [-0.15, -0.1) is 0 Å². The molecule has 1 aromatic heterocycles. The van der Waals surface area contributed by atoms with Crippen molar-refractivity contribution in [2.75, 3.05) is 39.8 Å². The predicted molar refractivity (Wildman–Crippen MR) is 96.5 cm³/mol. The van der Waals surface area contributed by atoms with Crippen molar-refractivity contribution < 1.29 is 4.79 Å². The van der Waals surface area contributed by atoms with Crippen molar-refractivity contribution >= 4 is 29.0 Å². The quantitative estimate of drug-likeness (QED) is 0.685. The topological polar surface area (TPSA) is 62.5 Å². The maximum absolute atomic E-state index is 9.05. The summed E-state index contributed by atoms with van der Waals surface area (Å²) in [4.78, 5) is 17.1. The first-order valence-corrected chi connectivity index (χ1v) is 8.52. The lowest BCUT2D eigenvalue weighted by molar-refractivity contribution is -0.106. The molecule has 2 heterocycles. The third-order valence-electron chi connectivity index (χ3n) is 3.75. The van der Waals surface area contributed by atoms with E-state index in [9.17, 15) is 0 Å². The number of likely N-dealkylation sites (N-methyl/N-ethyl adjacent to an activating group) is 1. The van der Waals surface area contributed by atoms with Crippen LogP contribution in [0.25, 0.3) is 10.8 Å². The molecule has 0 atom stereocenters. The summed E-state index contributed by atoms with van der Waals surface area (Å²) in [6.45, 7) is 6.77. The molecule has 0 amide bonds. The van der Waals surface area contributed by atoms with Gasteiger partial charge in [0, 0.05) is 54.9 Å². The van der Waals surface area contributed by atoms with Crippen LogP contribution < -0.4 is 5.73 Å². The van der Waals surface area contributed by atoms with Gasteiger partial charge in [-0.05, 0) is 43.4 Å². The minimum atomic E-state index is 0.139. The minimum absolute atomic E-state index is 0.139. The summed E-state index contributed by atoms with van der Waals surface area (Å²) >= 11 is 1.88. The van der Waals surface area contributed by atoms with Crippen molar-refractivity contribution in [1.29, 1.82) is 0 Å². The van der Waals surface area contributed by atoms with Crippen LogP contribution in [0.1, 0.15) is 5.69 Å². The van der Waals surface area contributed by atoms with Crippen LogP contribution in [0.5, 0.6) is 0 Å². The molecule has 0 bridgehead atoms. The molecule has 1 aliphatic rings. The number of benzene rings is 1. The van der Waals surface area contributed by atoms with Gasteiger partial charge in [-0.25, -0.2) is 4.31 Å². The highest BCUT2D eigenvalue weighted by atomic mass is 32.2. The summed E-state index contributed by atoms with van der Waals surface area (Å²) in [6.07, 6.45) is 2.56. The van der Waals surface area contributed by atoms with Crippen LogP contribution in [0.4, 0.5) is 0 Å². The first kappa shape index (κ1) is 17.9. The maximum Gasteiger partial charge on any atom is 0.133 e. The van der Waals surface area contributed by atoms with Crippen molar-refractivity contribution in [1.82, 2.24) is 14.2 Å². The number of aryl methyl sites for hydroxylation is 1. The largest absolute Gasteiger partial charge is 0.324 e. The highest BCUT2D eigenvalue weighted by Crippen LogP contribution is 2.31. The molecule has 0 radical (unpaired) electrons. The lowest BCUT2D eigenvalue weighted by atomic mass is 10.1. The van der Waals surface area contributed by atoms with Crippen LogP contribution in [0.15, 0.2) is 35.4 Å². The first-order chi connectivity index (χ1) is 11.2. The second-order valence-corrected chi connectivity index (χ2v) is 6.61. The van der Waals surface area contributed by atoms with Crippen LogP contribution >= 0.6 is 11.9 Å². The Morgan fingerprint density at radius 1 is 1.22 bits per heavy atom. The third kappa shape index (κ3) is 5.00. The first-order valence-electron chi connectivity index (χ1n) is 7.75. The van der Waals surface area contributed by atoms with E-state index in [1.54, 1.807) is 0 Å². The van der Waals surface area contributed by atoms with Gasteiger partial charge in [0.25, 0.3) is 0 Å². The zero-order chi connectivity index (χ0) is 16.7. The van der Waals surface area contributed by atoms with E-state index in [0.29, 0.717) is 6.29 Å². The van der Waals surface area contributed by atoms with E-state index in [4.69, 9.17) is 4.79 Å². The number of carbonyl (C=O) groups excluding carboxylic acids is 1. The number of piperazine rings is 1. The molecule has 6 heteroatoms. The molecular formula is C17H24N4OS. The molecule has 5 nitrogen and oxygen atoms in total. The highest BCUT2D eigenvalue weighted by Gasteiger charge is 2.15. The maximum atomic E-state index is 9.05. The number of nitrogens with zero attached hydrogens (tertiary/aromatic N) is 3. The Morgan fingerprint density at radius 3 is 2.57 bits per heavy atom. The zero-order valence-corrected chi connectivity index (χ0v) is 14.6. The molecule has 23 heavy (non-hydrogen) atoms. The molecule has 0 saturated carbocycles. The number of aldehydes is 1. The van der Waals surface area contributed by atoms with Crippen molar-refractivity contribution in [2.24, 2.45) is 5.73 Å². The van der Waals surface area contributed by atoms with E-state index in [-0.39, 0.29) is 6.54 Å². The average Bonchev–Trinajstić information content (AvgIpc) is 2.58. The van der Waals surface area contributed by atoms with Gasteiger partial charge in [-0.3, -0.25) is 4.98 Å². The van der Waals surface area contributed by atoms with Crippen molar-refractivity contribution in [2.45, 2.75) is 11.8 Å². The van der Waals surface area contributed by atoms with E-state index < -0.39 is 0 Å². The normalized spacial score (nSPS) is 16.0. The summed E-state index contributed by atoms with van der Waals surface area (Å²) in [5.41, 5.74) is 5.77. The number of nitrogens with two attached hydrogens (primary N) is 1. The molecule has 1 aliphatic heterocycles. The average molecular weight is 332 g/mol. The lowest BCUT2D eigenvalue weighted by Crippen LogP contribution is -2.40. The second-order valence-electron chi connectivity index (χ2n) is 5.47. The van der Waals surface area contributed by atoms with Crippen LogP contribution in [0, 0.1) is 6.92 Å². The highest BCUT2D eigenvalue weighted by molar-refractivity contribution is 7.97. The molecule has 1 saturated heterocycles. The number of carbonyl (C=O) groups is 1. The molecule has 0 spiro atoms. The number of pyridine rings is 1. The fourth-order valence-corrected chi connectivity index (χ4v) is 3.46. The summed E-state index contributed by atoms with van der Waals surface area (Å²) < 4.78 is 2.46. The predicted octanol–water partition coefficient (Wildman–Crippen LogP) is 1.94. The Kier molecular flexibility index (Phi) is 6.98. The molecule has 1 aromatic carbocycles. The molecule has 0 unspecified atom stereocenters. The number of aromatic nitrogens is 1. The van der Waals surface area contributed by atoms with Crippen LogP contribution in [-0.2, 0) is 4.79 Å². The van der Waals surface area contributed by atoms with Crippen LogP contribution in [0.3, 0.4) is 0 Å². The van der Waals surface area contributed by atoms with Crippen molar-refractivity contribution in [3.8, 4) is 0 Å². The third-order valence-corrected chi connectivity index (χ3v) is 4.93. The summed E-state index contributed by atoms with van der Waals surface area (Å²) in [6, 6.07) is 8.63. The Hall–Kier alpha value is -1.47.